The number of hydrogen-bond acceptors (Lipinski definition) is 7. The monoisotopic (exact) mass is 673 g/mol. The van der Waals surface area contributed by atoms with Crippen molar-refractivity contribution in [2.75, 3.05) is 32.7 Å². The van der Waals surface area contributed by atoms with E-state index in [0.29, 0.717) is 64.8 Å². The van der Waals surface area contributed by atoms with Crippen molar-refractivity contribution >= 4 is 23.6 Å². The van der Waals surface area contributed by atoms with Crippen molar-refractivity contribution in [1.29, 1.82) is 5.26 Å². The summed E-state index contributed by atoms with van der Waals surface area (Å²) >= 11 is 0. The Morgan fingerprint density at radius 3 is 2.10 bits per heavy atom. The van der Waals surface area contributed by atoms with Crippen LogP contribution in [0.4, 0.5) is 4.79 Å². The van der Waals surface area contributed by atoms with Crippen LogP contribution in [0.15, 0.2) is 60.7 Å². The van der Waals surface area contributed by atoms with E-state index in [1.54, 1.807) is 9.80 Å². The van der Waals surface area contributed by atoms with Gasteiger partial charge in [0.25, 0.3) is 0 Å². The summed E-state index contributed by atoms with van der Waals surface area (Å²) in [4.78, 5) is 58.7. The summed E-state index contributed by atoms with van der Waals surface area (Å²) in [6.45, 7) is 6.32. The van der Waals surface area contributed by atoms with Gasteiger partial charge in [-0.15, -0.1) is 0 Å². The van der Waals surface area contributed by atoms with Gasteiger partial charge in [0.2, 0.25) is 11.8 Å². The lowest BCUT2D eigenvalue weighted by molar-refractivity contribution is -0.140. The molecule has 0 bridgehead atoms. The standard InChI is InChI=1S/C38H55N7O4/c1-28(2)23-33(35(46)25-32(15-9-10-18-39)37(48)44-20-16-30(26-41)17-21-44)42-36(47)34(24-29-11-5-3-6-12-29)43-38(49)45(22-19-40)27-31-13-7-4-8-14-31/h3-8,11-14,28,30,32-34H,9-10,15-25,27,39-40H2,1-2H3,(H,42,47)(H,43,49)/t32-,33+,34+/m0/s1. The normalized spacial score (nSPS) is 15.1. The van der Waals surface area contributed by atoms with Gasteiger partial charge in [0.1, 0.15) is 6.04 Å². The van der Waals surface area contributed by atoms with Crippen LogP contribution in [0.2, 0.25) is 0 Å². The van der Waals surface area contributed by atoms with E-state index in [0.717, 1.165) is 17.5 Å². The third-order valence-electron chi connectivity index (χ3n) is 9.00. The van der Waals surface area contributed by atoms with Crippen LogP contribution in [-0.4, -0.2) is 78.2 Å². The van der Waals surface area contributed by atoms with Crippen LogP contribution in [0.25, 0.3) is 0 Å². The highest BCUT2D eigenvalue weighted by atomic mass is 16.2. The summed E-state index contributed by atoms with van der Waals surface area (Å²) in [7, 11) is 0. The molecule has 1 saturated heterocycles. The number of Topliss-reactive ketones (excluding diaryl/α,β-unsaturated/α-hetero) is 1. The molecule has 1 fully saturated rings. The third kappa shape index (κ3) is 13.3. The number of piperidine rings is 1. The number of rotatable bonds is 19. The summed E-state index contributed by atoms with van der Waals surface area (Å²) in [6.07, 6.45) is 3.84. The van der Waals surface area contributed by atoms with E-state index in [4.69, 9.17) is 11.5 Å². The molecule has 1 heterocycles. The predicted octanol–water partition coefficient (Wildman–Crippen LogP) is 3.77. The Morgan fingerprint density at radius 2 is 1.53 bits per heavy atom. The Bertz CT molecular complexity index is 1360. The molecule has 1 aliphatic heterocycles. The molecule has 0 radical (unpaired) electrons. The lowest BCUT2D eigenvalue weighted by Gasteiger charge is -2.33. The quantitative estimate of drug-likeness (QED) is 0.164. The Labute approximate surface area is 291 Å². The molecular formula is C38H55N7O4. The molecule has 0 spiro atoms. The van der Waals surface area contributed by atoms with Crippen LogP contribution >= 0.6 is 0 Å². The van der Waals surface area contributed by atoms with Gasteiger partial charge in [-0.2, -0.15) is 5.26 Å². The van der Waals surface area contributed by atoms with Crippen LogP contribution in [0.3, 0.4) is 0 Å². The molecule has 0 aliphatic carbocycles. The maximum atomic E-state index is 14.0. The van der Waals surface area contributed by atoms with Gasteiger partial charge in [-0.25, -0.2) is 4.79 Å². The number of hydrogen-bond donors (Lipinski definition) is 4. The molecule has 0 aromatic heterocycles. The van der Waals surface area contributed by atoms with E-state index in [1.165, 1.54) is 0 Å². The highest BCUT2D eigenvalue weighted by Gasteiger charge is 2.33. The number of likely N-dealkylation sites (tertiary alicyclic amines) is 1. The number of carbonyl (C=O) groups is 4. The molecule has 11 nitrogen and oxygen atoms in total. The third-order valence-corrected chi connectivity index (χ3v) is 9.00. The minimum atomic E-state index is -0.961. The topological polar surface area (TPSA) is 175 Å². The number of unbranched alkanes of at least 4 members (excludes halogenated alkanes) is 1. The molecule has 0 saturated carbocycles. The zero-order valence-corrected chi connectivity index (χ0v) is 29.2. The summed E-state index contributed by atoms with van der Waals surface area (Å²) in [5, 5.41) is 15.2. The highest BCUT2D eigenvalue weighted by Crippen LogP contribution is 2.24. The second-order valence-corrected chi connectivity index (χ2v) is 13.5. The van der Waals surface area contributed by atoms with Crippen molar-refractivity contribution in [3.63, 3.8) is 0 Å². The number of amides is 4. The molecule has 2 aromatic carbocycles. The fourth-order valence-electron chi connectivity index (χ4n) is 6.25. The summed E-state index contributed by atoms with van der Waals surface area (Å²) in [5.74, 6) is -1.27. The first-order valence-corrected chi connectivity index (χ1v) is 17.7. The van der Waals surface area contributed by atoms with Crippen molar-refractivity contribution < 1.29 is 19.2 Å². The molecule has 49 heavy (non-hydrogen) atoms. The van der Waals surface area contributed by atoms with Gasteiger partial charge < -0.3 is 31.9 Å². The highest BCUT2D eigenvalue weighted by molar-refractivity contribution is 5.94. The van der Waals surface area contributed by atoms with Gasteiger partial charge in [0, 0.05) is 57.4 Å². The SMILES string of the molecule is CC(C)C[C@@H](NC(=O)[C@@H](Cc1ccccc1)NC(=O)N(CCN)Cc1ccccc1)C(=O)C[C@H](CCCCN)C(=O)N1CCC(C#N)CC1. The maximum absolute atomic E-state index is 14.0. The molecule has 266 valence electrons. The van der Waals surface area contributed by atoms with E-state index in [1.807, 2.05) is 74.5 Å². The average molecular weight is 674 g/mol. The Hall–Kier alpha value is -4.27. The van der Waals surface area contributed by atoms with E-state index in [-0.39, 0.29) is 42.9 Å². The van der Waals surface area contributed by atoms with E-state index in [9.17, 15) is 24.4 Å². The van der Waals surface area contributed by atoms with Gasteiger partial charge in [-0.3, -0.25) is 14.4 Å². The van der Waals surface area contributed by atoms with Crippen LogP contribution in [0, 0.1) is 29.1 Å². The van der Waals surface area contributed by atoms with Crippen molar-refractivity contribution in [1.82, 2.24) is 20.4 Å². The van der Waals surface area contributed by atoms with Crippen molar-refractivity contribution in [2.45, 2.75) is 83.8 Å². The number of nitrogens with one attached hydrogen (secondary N) is 2. The van der Waals surface area contributed by atoms with Crippen LogP contribution < -0.4 is 22.1 Å². The minimum absolute atomic E-state index is 0.00366. The number of nitriles is 1. The second kappa shape index (κ2) is 21.0. The van der Waals surface area contributed by atoms with E-state index < -0.39 is 29.9 Å². The summed E-state index contributed by atoms with van der Waals surface area (Å²) in [6, 6.07) is 19.0. The Morgan fingerprint density at radius 1 is 0.898 bits per heavy atom. The first-order chi connectivity index (χ1) is 23.6. The first kappa shape index (κ1) is 39.2. The van der Waals surface area contributed by atoms with E-state index in [2.05, 4.69) is 16.7 Å². The lowest BCUT2D eigenvalue weighted by atomic mass is 9.88. The number of ketones is 1. The molecular weight excluding hydrogens is 618 g/mol. The van der Waals surface area contributed by atoms with Crippen LogP contribution in [0.1, 0.15) is 69.9 Å². The molecule has 11 heteroatoms. The minimum Gasteiger partial charge on any atom is -0.344 e. The summed E-state index contributed by atoms with van der Waals surface area (Å²) in [5.41, 5.74) is 13.4. The molecule has 3 rings (SSSR count). The number of carbonyl (C=O) groups excluding carboxylic acids is 4. The van der Waals surface area contributed by atoms with E-state index >= 15 is 0 Å². The fraction of sp³-hybridized carbons (Fsp3) is 0.553. The Balaban J connectivity index is 1.79. The van der Waals surface area contributed by atoms with Crippen LogP contribution in [0.5, 0.6) is 0 Å². The second-order valence-electron chi connectivity index (χ2n) is 13.5. The molecule has 2 aromatic rings. The van der Waals surface area contributed by atoms with Gasteiger partial charge in [-0.1, -0.05) is 80.9 Å². The number of nitrogens with two attached hydrogens (primary N) is 2. The molecule has 3 atom stereocenters. The number of urea groups is 1. The largest absolute Gasteiger partial charge is 0.344 e. The fourth-order valence-corrected chi connectivity index (χ4v) is 6.25. The molecule has 0 unspecified atom stereocenters. The first-order valence-electron chi connectivity index (χ1n) is 17.7. The smallest absolute Gasteiger partial charge is 0.318 e. The van der Waals surface area contributed by atoms with Crippen molar-refractivity contribution in [3.05, 3.63) is 71.8 Å². The van der Waals surface area contributed by atoms with Gasteiger partial charge >= 0.3 is 6.03 Å². The average Bonchev–Trinajstić information content (AvgIpc) is 3.10. The van der Waals surface area contributed by atoms with Crippen molar-refractivity contribution in [2.24, 2.45) is 29.2 Å². The summed E-state index contributed by atoms with van der Waals surface area (Å²) < 4.78 is 0. The zero-order valence-electron chi connectivity index (χ0n) is 29.2. The number of nitrogens with zero attached hydrogens (tertiary/aromatic N) is 3. The Kier molecular flexibility index (Phi) is 16.8. The molecule has 4 amide bonds. The predicted molar refractivity (Wildman–Crippen MR) is 191 cm³/mol. The van der Waals surface area contributed by atoms with Gasteiger partial charge in [0.05, 0.1) is 12.1 Å². The number of benzene rings is 2. The zero-order chi connectivity index (χ0) is 35.6. The van der Waals surface area contributed by atoms with Gasteiger partial charge in [0.15, 0.2) is 5.78 Å². The maximum Gasteiger partial charge on any atom is 0.318 e. The molecule has 6 N–H and O–H groups in total. The van der Waals surface area contributed by atoms with Gasteiger partial charge in [-0.05, 0) is 55.7 Å². The van der Waals surface area contributed by atoms with Crippen molar-refractivity contribution in [3.8, 4) is 6.07 Å². The lowest BCUT2D eigenvalue weighted by Crippen LogP contribution is -2.55. The molecule has 1 aliphatic rings. The van der Waals surface area contributed by atoms with Crippen LogP contribution in [-0.2, 0) is 27.3 Å².